The minimum Gasteiger partial charge on any atom is -0.476 e. The topological polar surface area (TPSA) is 22.1 Å². The highest BCUT2D eigenvalue weighted by Crippen LogP contribution is 2.08. The molecule has 0 aromatic carbocycles. The van der Waals surface area contributed by atoms with E-state index in [-0.39, 0.29) is 5.22 Å². The highest BCUT2D eigenvalue weighted by molar-refractivity contribution is 6.35. The van der Waals surface area contributed by atoms with Crippen LogP contribution in [-0.2, 0) is 11.3 Å². The zero-order chi connectivity index (χ0) is 8.81. The molecule has 0 aliphatic rings. The monoisotopic (exact) mass is 203 g/mol. The van der Waals surface area contributed by atoms with Crippen LogP contribution >= 0.6 is 23.2 Å². The van der Waals surface area contributed by atoms with E-state index in [1.807, 2.05) is 18.2 Å². The molecule has 0 aliphatic heterocycles. The summed E-state index contributed by atoms with van der Waals surface area (Å²) in [5.74, 6) is 0. The highest BCUT2D eigenvalue weighted by Gasteiger charge is 1.94. The van der Waals surface area contributed by atoms with Crippen molar-refractivity contribution in [3.63, 3.8) is 0 Å². The van der Waals surface area contributed by atoms with Crippen LogP contribution in [0.2, 0.25) is 0 Å². The molecule has 0 fully saturated rings. The van der Waals surface area contributed by atoms with Crippen molar-refractivity contribution in [3.8, 4) is 0 Å². The van der Waals surface area contributed by atoms with E-state index in [9.17, 15) is 0 Å². The Morgan fingerprint density at radius 2 is 2.42 bits per heavy atom. The lowest BCUT2D eigenvalue weighted by molar-refractivity contribution is 0.220. The summed E-state index contributed by atoms with van der Waals surface area (Å²) >= 11 is 10.8. The van der Waals surface area contributed by atoms with Crippen molar-refractivity contribution >= 4 is 23.2 Å². The lowest BCUT2D eigenvalue weighted by Crippen LogP contribution is -1.91. The lowest BCUT2D eigenvalue weighted by Gasteiger charge is -2.01. The molecule has 0 unspecified atom stereocenters. The maximum atomic E-state index is 5.49. The number of ether oxygens (including phenoxy) is 1. The molecule has 1 aromatic heterocycles. The van der Waals surface area contributed by atoms with Crippen molar-refractivity contribution in [3.05, 3.63) is 40.8 Å². The molecular formula is C8H7Cl2NO. The van der Waals surface area contributed by atoms with Crippen LogP contribution in [0.4, 0.5) is 0 Å². The second kappa shape index (κ2) is 5.01. The summed E-state index contributed by atoms with van der Waals surface area (Å²) in [4.78, 5) is 4.03. The molecule has 1 heterocycles. The normalized spacial score (nSPS) is 11.3. The molecule has 0 amide bonds. The first-order valence-corrected chi connectivity index (χ1v) is 4.13. The second-order valence-electron chi connectivity index (χ2n) is 2.02. The third kappa shape index (κ3) is 3.11. The summed E-state index contributed by atoms with van der Waals surface area (Å²) in [5.41, 5.74) is 1.99. The van der Waals surface area contributed by atoms with Crippen LogP contribution in [0, 0.1) is 0 Å². The van der Waals surface area contributed by atoms with Crippen molar-refractivity contribution in [2.75, 3.05) is 0 Å². The SMILES string of the molecule is Cl/C=C(/Cl)OCc1ccccn1. The predicted octanol–water partition coefficient (Wildman–Crippen LogP) is 2.87. The van der Waals surface area contributed by atoms with Crippen LogP contribution in [0.5, 0.6) is 0 Å². The quantitative estimate of drug-likeness (QED) is 0.706. The van der Waals surface area contributed by atoms with Gasteiger partial charge in [-0.1, -0.05) is 17.7 Å². The Bertz CT molecular complexity index is 261. The number of nitrogens with zero attached hydrogens (tertiary/aromatic N) is 1. The van der Waals surface area contributed by atoms with Crippen molar-refractivity contribution in [1.29, 1.82) is 0 Å². The Labute approximate surface area is 80.8 Å². The molecule has 0 radical (unpaired) electrons. The van der Waals surface area contributed by atoms with Crippen molar-refractivity contribution in [2.24, 2.45) is 0 Å². The summed E-state index contributed by atoms with van der Waals surface area (Å²) in [6, 6.07) is 5.56. The molecule has 0 saturated heterocycles. The minimum absolute atomic E-state index is 0.169. The van der Waals surface area contributed by atoms with Crippen LogP contribution in [0.15, 0.2) is 35.1 Å². The van der Waals surface area contributed by atoms with E-state index in [0.29, 0.717) is 6.61 Å². The number of pyridine rings is 1. The summed E-state index contributed by atoms with van der Waals surface area (Å²) in [6.07, 6.45) is 1.69. The van der Waals surface area contributed by atoms with Gasteiger partial charge in [-0.15, -0.1) is 0 Å². The van der Waals surface area contributed by atoms with Gasteiger partial charge in [-0.2, -0.15) is 0 Å². The average molecular weight is 204 g/mol. The Kier molecular flexibility index (Phi) is 3.91. The van der Waals surface area contributed by atoms with Gasteiger partial charge in [-0.25, -0.2) is 0 Å². The second-order valence-corrected chi connectivity index (χ2v) is 2.61. The molecular weight excluding hydrogens is 197 g/mol. The molecule has 4 heteroatoms. The van der Waals surface area contributed by atoms with E-state index in [1.54, 1.807) is 6.20 Å². The first kappa shape index (κ1) is 9.36. The fourth-order valence-corrected chi connectivity index (χ4v) is 0.775. The summed E-state index contributed by atoms with van der Waals surface area (Å²) < 4.78 is 5.01. The van der Waals surface area contributed by atoms with E-state index in [1.165, 1.54) is 5.54 Å². The summed E-state index contributed by atoms with van der Waals surface area (Å²) in [5, 5.41) is 0.169. The Balaban J connectivity index is 2.44. The van der Waals surface area contributed by atoms with E-state index >= 15 is 0 Å². The van der Waals surface area contributed by atoms with Crippen molar-refractivity contribution in [1.82, 2.24) is 4.98 Å². The minimum atomic E-state index is 0.169. The van der Waals surface area contributed by atoms with E-state index < -0.39 is 0 Å². The van der Waals surface area contributed by atoms with Gasteiger partial charge in [0.2, 0.25) is 0 Å². The number of aromatic nitrogens is 1. The average Bonchev–Trinajstić information content (AvgIpc) is 2.16. The standard InChI is InChI=1S/C8H7Cl2NO/c9-5-8(10)12-6-7-3-1-2-4-11-7/h1-5H,6H2/b8-5-. The van der Waals surface area contributed by atoms with Gasteiger partial charge < -0.3 is 4.74 Å². The van der Waals surface area contributed by atoms with E-state index in [2.05, 4.69) is 4.98 Å². The largest absolute Gasteiger partial charge is 0.476 e. The van der Waals surface area contributed by atoms with Gasteiger partial charge >= 0.3 is 0 Å². The maximum Gasteiger partial charge on any atom is 0.198 e. The Morgan fingerprint density at radius 1 is 1.58 bits per heavy atom. The van der Waals surface area contributed by atoms with Gasteiger partial charge in [0, 0.05) is 6.20 Å². The molecule has 0 N–H and O–H groups in total. The maximum absolute atomic E-state index is 5.49. The van der Waals surface area contributed by atoms with E-state index in [0.717, 1.165) is 5.69 Å². The van der Waals surface area contributed by atoms with Crippen LogP contribution in [0.25, 0.3) is 0 Å². The number of rotatable bonds is 3. The van der Waals surface area contributed by atoms with Crippen LogP contribution < -0.4 is 0 Å². The van der Waals surface area contributed by atoms with Gasteiger partial charge in [0.05, 0.1) is 11.2 Å². The Hall–Kier alpha value is -0.730. The van der Waals surface area contributed by atoms with E-state index in [4.69, 9.17) is 27.9 Å². The fourth-order valence-electron chi connectivity index (χ4n) is 0.658. The summed E-state index contributed by atoms with van der Waals surface area (Å²) in [7, 11) is 0. The smallest absolute Gasteiger partial charge is 0.198 e. The lowest BCUT2D eigenvalue weighted by atomic mass is 10.4. The zero-order valence-electron chi connectivity index (χ0n) is 6.21. The molecule has 0 bridgehead atoms. The van der Waals surface area contributed by atoms with Crippen LogP contribution in [0.1, 0.15) is 5.69 Å². The van der Waals surface area contributed by atoms with Crippen molar-refractivity contribution < 1.29 is 4.74 Å². The molecule has 0 spiro atoms. The summed E-state index contributed by atoms with van der Waals surface area (Å²) in [6.45, 7) is 0.336. The molecule has 0 aliphatic carbocycles. The molecule has 64 valence electrons. The molecule has 12 heavy (non-hydrogen) atoms. The fraction of sp³-hybridized carbons (Fsp3) is 0.125. The number of hydrogen-bond acceptors (Lipinski definition) is 2. The molecule has 2 nitrogen and oxygen atoms in total. The third-order valence-corrected chi connectivity index (χ3v) is 1.70. The third-order valence-electron chi connectivity index (χ3n) is 1.17. The van der Waals surface area contributed by atoms with Crippen molar-refractivity contribution in [2.45, 2.75) is 6.61 Å². The predicted molar refractivity (Wildman–Crippen MR) is 48.8 cm³/mol. The van der Waals surface area contributed by atoms with Gasteiger partial charge in [-0.3, -0.25) is 4.98 Å². The molecule has 1 aromatic rings. The first-order chi connectivity index (χ1) is 5.83. The first-order valence-electron chi connectivity index (χ1n) is 3.31. The molecule has 0 saturated carbocycles. The molecule has 0 atom stereocenters. The zero-order valence-corrected chi connectivity index (χ0v) is 7.72. The van der Waals surface area contributed by atoms with Crippen LogP contribution in [0.3, 0.4) is 0 Å². The van der Waals surface area contributed by atoms with Gasteiger partial charge in [-0.05, 0) is 23.7 Å². The number of halogens is 2. The van der Waals surface area contributed by atoms with Crippen LogP contribution in [-0.4, -0.2) is 4.98 Å². The van der Waals surface area contributed by atoms with Gasteiger partial charge in [0.25, 0.3) is 0 Å². The highest BCUT2D eigenvalue weighted by atomic mass is 35.5. The number of hydrogen-bond donors (Lipinski definition) is 0. The van der Waals surface area contributed by atoms with Gasteiger partial charge in [0.1, 0.15) is 6.61 Å². The molecule has 1 rings (SSSR count). The Morgan fingerprint density at radius 3 is 3.00 bits per heavy atom. The van der Waals surface area contributed by atoms with Gasteiger partial charge in [0.15, 0.2) is 5.22 Å².